The summed E-state index contributed by atoms with van der Waals surface area (Å²) in [4.78, 5) is 36.0. The lowest BCUT2D eigenvalue weighted by molar-refractivity contribution is -0.135. The summed E-state index contributed by atoms with van der Waals surface area (Å²) in [6, 6.07) is 0. The van der Waals surface area contributed by atoms with Gasteiger partial charge in [-0.15, -0.1) is 0 Å². The van der Waals surface area contributed by atoms with E-state index in [-0.39, 0.29) is 0 Å². The normalized spacial score (nSPS) is 7.08. The molecule has 0 bridgehead atoms. The Morgan fingerprint density at radius 3 is 0.731 bits per heavy atom. The highest BCUT2D eigenvalue weighted by Gasteiger charge is 1.75. The van der Waals surface area contributed by atoms with Gasteiger partial charge in [0.15, 0.2) is 0 Å². The van der Waals surface area contributed by atoms with Gasteiger partial charge in [-0.05, 0) is 0 Å². The summed E-state index contributed by atoms with van der Waals surface area (Å²) in [6.07, 6.45) is 5.54. The van der Waals surface area contributed by atoms with Crippen molar-refractivity contribution in [3.63, 3.8) is 0 Å². The molecule has 160 valence electrons. The Hall–Kier alpha value is -2.20. The highest BCUT2D eigenvalue weighted by Crippen LogP contribution is 1.95. The molecule has 0 aromatic carbocycles. The summed E-state index contributed by atoms with van der Waals surface area (Å²) in [5.74, 6) is -3.33. The predicted molar refractivity (Wildman–Crippen MR) is 101 cm³/mol. The number of hydrogen-bond donors (Lipinski definition) is 6. The Kier molecular flexibility index (Phi) is 65.2. The van der Waals surface area contributed by atoms with Crippen molar-refractivity contribution in [3.05, 3.63) is 0 Å². The quantitative estimate of drug-likeness (QED) is 0.387. The molecule has 0 aliphatic rings. The molecule has 0 radical (unpaired) electrons. The molecule has 0 spiro atoms. The molecular formula is C16H38N2O8. The van der Waals surface area contributed by atoms with Gasteiger partial charge in [0.05, 0.1) is 0 Å². The van der Waals surface area contributed by atoms with Gasteiger partial charge in [-0.1, -0.05) is 39.5 Å². The molecule has 8 N–H and O–H groups in total. The third-order valence-electron chi connectivity index (χ3n) is 1.12. The first-order valence-electron chi connectivity index (χ1n) is 7.94. The largest absolute Gasteiger partial charge is 0.481 e. The van der Waals surface area contributed by atoms with Gasteiger partial charge in [0.1, 0.15) is 0 Å². The van der Waals surface area contributed by atoms with Gasteiger partial charge in [0.25, 0.3) is 23.9 Å². The molecule has 10 heteroatoms. The van der Waals surface area contributed by atoms with Crippen molar-refractivity contribution in [1.29, 1.82) is 0 Å². The average molecular weight is 386 g/mol. The SMILES string of the molecule is CC(=O)O.CC(=O)O.CC(=O)O.CC(=O)O.CCCCCC.NCCN. The van der Waals surface area contributed by atoms with Gasteiger partial charge < -0.3 is 31.9 Å². The van der Waals surface area contributed by atoms with Crippen LogP contribution in [0, 0.1) is 0 Å². The molecule has 0 unspecified atom stereocenters. The summed E-state index contributed by atoms with van der Waals surface area (Å²) >= 11 is 0. The number of carboxylic acids is 4. The van der Waals surface area contributed by atoms with Crippen molar-refractivity contribution in [3.8, 4) is 0 Å². The van der Waals surface area contributed by atoms with Crippen LogP contribution in [-0.4, -0.2) is 57.4 Å². The lowest BCUT2D eigenvalue weighted by Gasteiger charge is -1.86. The minimum absolute atomic E-state index is 0.597. The van der Waals surface area contributed by atoms with Crippen LogP contribution in [0.1, 0.15) is 67.2 Å². The van der Waals surface area contributed by atoms with E-state index in [0.717, 1.165) is 27.7 Å². The van der Waals surface area contributed by atoms with Crippen molar-refractivity contribution in [1.82, 2.24) is 0 Å². The van der Waals surface area contributed by atoms with Gasteiger partial charge in [-0.2, -0.15) is 0 Å². The summed E-state index contributed by atoms with van der Waals surface area (Å²) in [5.41, 5.74) is 9.81. The highest BCUT2D eigenvalue weighted by molar-refractivity contribution is 5.63. The van der Waals surface area contributed by atoms with Gasteiger partial charge in [-0.25, -0.2) is 0 Å². The average Bonchev–Trinajstić information content (AvgIpc) is 2.43. The zero-order valence-corrected chi connectivity index (χ0v) is 16.8. The first kappa shape index (κ1) is 39.0. The van der Waals surface area contributed by atoms with E-state index in [4.69, 9.17) is 51.1 Å². The number of carboxylic acid groups (broad SMARTS) is 4. The highest BCUT2D eigenvalue weighted by atomic mass is 16.4. The van der Waals surface area contributed by atoms with Crippen molar-refractivity contribution >= 4 is 23.9 Å². The molecule has 0 fully saturated rings. The number of nitrogens with two attached hydrogens (primary N) is 2. The molecule has 0 saturated carbocycles. The summed E-state index contributed by atoms with van der Waals surface area (Å²) < 4.78 is 0. The van der Waals surface area contributed by atoms with Crippen molar-refractivity contribution < 1.29 is 39.6 Å². The summed E-state index contributed by atoms with van der Waals surface area (Å²) in [6.45, 7) is 9.99. The van der Waals surface area contributed by atoms with Crippen LogP contribution in [-0.2, 0) is 19.2 Å². The molecule has 0 aliphatic heterocycles. The molecule has 0 saturated heterocycles. The van der Waals surface area contributed by atoms with Crippen molar-refractivity contribution in [2.24, 2.45) is 11.5 Å². The second kappa shape index (κ2) is 43.4. The van der Waals surface area contributed by atoms with Crippen LogP contribution in [0.5, 0.6) is 0 Å². The summed E-state index contributed by atoms with van der Waals surface area (Å²) in [7, 11) is 0. The van der Waals surface area contributed by atoms with E-state index >= 15 is 0 Å². The van der Waals surface area contributed by atoms with Gasteiger partial charge >= 0.3 is 0 Å². The molecule has 0 atom stereocenters. The predicted octanol–water partition coefficient (Wildman–Crippen LogP) is 1.85. The second-order valence-electron chi connectivity index (χ2n) is 4.36. The molecule has 0 rings (SSSR count). The Balaban J connectivity index is -0.0000000466. The zero-order chi connectivity index (χ0) is 22.6. The third-order valence-corrected chi connectivity index (χ3v) is 1.12. The molecule has 0 heterocycles. The van der Waals surface area contributed by atoms with Crippen LogP contribution in [0.3, 0.4) is 0 Å². The number of rotatable bonds is 4. The smallest absolute Gasteiger partial charge is 0.300 e. The van der Waals surface area contributed by atoms with Crippen LogP contribution in [0.4, 0.5) is 0 Å². The van der Waals surface area contributed by atoms with E-state index in [9.17, 15) is 0 Å². The fourth-order valence-electron chi connectivity index (χ4n) is 0.500. The van der Waals surface area contributed by atoms with E-state index in [0.29, 0.717) is 13.1 Å². The summed E-state index contributed by atoms with van der Waals surface area (Å²) in [5, 5.41) is 29.7. The molecule has 0 aromatic heterocycles. The molecule has 26 heavy (non-hydrogen) atoms. The van der Waals surface area contributed by atoms with E-state index in [1.54, 1.807) is 0 Å². The van der Waals surface area contributed by atoms with E-state index in [2.05, 4.69) is 13.8 Å². The Bertz CT molecular complexity index is 241. The second-order valence-corrected chi connectivity index (χ2v) is 4.36. The van der Waals surface area contributed by atoms with Gasteiger partial charge in [-0.3, -0.25) is 19.2 Å². The minimum Gasteiger partial charge on any atom is -0.481 e. The fraction of sp³-hybridized carbons (Fsp3) is 0.750. The van der Waals surface area contributed by atoms with E-state index < -0.39 is 23.9 Å². The lowest BCUT2D eigenvalue weighted by Crippen LogP contribution is -2.11. The van der Waals surface area contributed by atoms with Crippen molar-refractivity contribution in [2.45, 2.75) is 67.2 Å². The van der Waals surface area contributed by atoms with Crippen LogP contribution in [0.25, 0.3) is 0 Å². The monoisotopic (exact) mass is 386 g/mol. The molecule has 0 aliphatic carbocycles. The van der Waals surface area contributed by atoms with Gasteiger partial charge in [0.2, 0.25) is 0 Å². The maximum absolute atomic E-state index is 9.00. The standard InChI is InChI=1S/C6H14.C2H8N2.4C2H4O2/c1-3-5-6-4-2;3-1-2-4;4*1-2(3)4/h3-6H2,1-2H3;1-4H2;4*1H3,(H,3,4). The first-order valence-corrected chi connectivity index (χ1v) is 7.94. The molecule has 0 aromatic rings. The molecular weight excluding hydrogens is 348 g/mol. The van der Waals surface area contributed by atoms with Gasteiger partial charge in [0, 0.05) is 40.8 Å². The van der Waals surface area contributed by atoms with Crippen LogP contribution in [0.2, 0.25) is 0 Å². The van der Waals surface area contributed by atoms with Crippen molar-refractivity contribution in [2.75, 3.05) is 13.1 Å². The zero-order valence-electron chi connectivity index (χ0n) is 16.8. The number of carbonyl (C=O) groups is 4. The maximum Gasteiger partial charge on any atom is 0.300 e. The molecule has 0 amide bonds. The van der Waals surface area contributed by atoms with E-state index in [1.165, 1.54) is 25.7 Å². The number of hydrogen-bond acceptors (Lipinski definition) is 6. The Morgan fingerprint density at radius 2 is 0.692 bits per heavy atom. The maximum atomic E-state index is 9.00. The van der Waals surface area contributed by atoms with Crippen LogP contribution < -0.4 is 11.5 Å². The van der Waals surface area contributed by atoms with Crippen LogP contribution >= 0.6 is 0 Å². The minimum atomic E-state index is -0.833. The lowest BCUT2D eigenvalue weighted by atomic mass is 10.2. The topological polar surface area (TPSA) is 201 Å². The fourth-order valence-corrected chi connectivity index (χ4v) is 0.500. The Labute approximate surface area is 156 Å². The number of aliphatic carboxylic acids is 4. The first-order chi connectivity index (χ1) is 11.8. The Morgan fingerprint density at radius 1 is 0.577 bits per heavy atom. The van der Waals surface area contributed by atoms with Crippen LogP contribution in [0.15, 0.2) is 0 Å². The number of unbranched alkanes of at least 4 members (excludes halogenated alkanes) is 3. The van der Waals surface area contributed by atoms with E-state index in [1.807, 2.05) is 0 Å². The molecule has 10 nitrogen and oxygen atoms in total. The third kappa shape index (κ3) is 2910.